The molecule has 5 heteroatoms. The molecule has 0 spiro atoms. The quantitative estimate of drug-likeness (QED) is 0.842. The SMILES string of the molecule is COc1ccc(OC)c([C@@H](C)NC(=O)CCc2ccccc2F)c1. The van der Waals surface area contributed by atoms with E-state index in [0.717, 1.165) is 5.56 Å². The molecule has 128 valence electrons. The molecule has 0 bridgehead atoms. The van der Waals surface area contributed by atoms with Crippen LogP contribution in [0.2, 0.25) is 0 Å². The zero-order valence-corrected chi connectivity index (χ0v) is 14.1. The van der Waals surface area contributed by atoms with Crippen molar-refractivity contribution in [3.8, 4) is 11.5 Å². The Bertz CT molecular complexity index is 703. The van der Waals surface area contributed by atoms with Gasteiger partial charge in [-0.2, -0.15) is 0 Å². The molecule has 0 fully saturated rings. The lowest BCUT2D eigenvalue weighted by atomic mass is 10.1. The largest absolute Gasteiger partial charge is 0.497 e. The highest BCUT2D eigenvalue weighted by atomic mass is 19.1. The summed E-state index contributed by atoms with van der Waals surface area (Å²) in [5.74, 6) is 0.944. The first-order chi connectivity index (χ1) is 11.5. The molecule has 0 saturated heterocycles. The molecular formula is C19H22FNO3. The van der Waals surface area contributed by atoms with Crippen molar-refractivity contribution >= 4 is 5.91 Å². The first kappa shape index (κ1) is 17.8. The molecule has 0 unspecified atom stereocenters. The van der Waals surface area contributed by atoms with Crippen LogP contribution in [0.1, 0.15) is 30.5 Å². The summed E-state index contributed by atoms with van der Waals surface area (Å²) in [5.41, 5.74) is 1.37. The van der Waals surface area contributed by atoms with E-state index in [1.165, 1.54) is 6.07 Å². The van der Waals surface area contributed by atoms with Crippen LogP contribution in [0.15, 0.2) is 42.5 Å². The third kappa shape index (κ3) is 4.47. The summed E-state index contributed by atoms with van der Waals surface area (Å²) in [6.07, 6.45) is 0.581. The van der Waals surface area contributed by atoms with Crippen molar-refractivity contribution in [1.29, 1.82) is 0 Å². The van der Waals surface area contributed by atoms with Crippen molar-refractivity contribution in [2.45, 2.75) is 25.8 Å². The number of benzene rings is 2. The summed E-state index contributed by atoms with van der Waals surface area (Å²) < 4.78 is 24.1. The van der Waals surface area contributed by atoms with E-state index in [9.17, 15) is 9.18 Å². The number of halogens is 1. The van der Waals surface area contributed by atoms with E-state index >= 15 is 0 Å². The Kier molecular flexibility index (Phi) is 6.18. The fraction of sp³-hybridized carbons (Fsp3) is 0.316. The highest BCUT2D eigenvalue weighted by molar-refractivity contribution is 5.76. The maximum atomic E-state index is 13.6. The van der Waals surface area contributed by atoms with Gasteiger partial charge in [0.05, 0.1) is 20.3 Å². The summed E-state index contributed by atoms with van der Waals surface area (Å²) in [6, 6.07) is 11.7. The number of carbonyl (C=O) groups is 1. The molecule has 0 aliphatic rings. The molecular weight excluding hydrogens is 309 g/mol. The summed E-state index contributed by atoms with van der Waals surface area (Å²) in [7, 11) is 3.17. The van der Waals surface area contributed by atoms with Gasteiger partial charge < -0.3 is 14.8 Å². The zero-order chi connectivity index (χ0) is 17.5. The highest BCUT2D eigenvalue weighted by Gasteiger charge is 2.15. The Morgan fingerprint density at radius 3 is 2.58 bits per heavy atom. The van der Waals surface area contributed by atoms with Crippen LogP contribution in [0.4, 0.5) is 4.39 Å². The van der Waals surface area contributed by atoms with E-state index in [4.69, 9.17) is 9.47 Å². The van der Waals surface area contributed by atoms with Crippen molar-refractivity contribution in [3.05, 3.63) is 59.4 Å². The molecule has 0 aliphatic carbocycles. The van der Waals surface area contributed by atoms with Crippen LogP contribution in [0, 0.1) is 5.82 Å². The van der Waals surface area contributed by atoms with Crippen LogP contribution in [0.25, 0.3) is 0 Å². The Hall–Kier alpha value is -2.56. The van der Waals surface area contributed by atoms with Crippen molar-refractivity contribution in [1.82, 2.24) is 5.32 Å². The number of aryl methyl sites for hydroxylation is 1. The fourth-order valence-corrected chi connectivity index (χ4v) is 2.52. The van der Waals surface area contributed by atoms with Gasteiger partial charge in [0.1, 0.15) is 17.3 Å². The molecule has 0 aromatic heterocycles. The van der Waals surface area contributed by atoms with Crippen LogP contribution in [0.3, 0.4) is 0 Å². The number of hydrogen-bond acceptors (Lipinski definition) is 3. The Balaban J connectivity index is 2.00. The van der Waals surface area contributed by atoms with Gasteiger partial charge in [-0.15, -0.1) is 0 Å². The molecule has 2 aromatic carbocycles. The highest BCUT2D eigenvalue weighted by Crippen LogP contribution is 2.29. The smallest absolute Gasteiger partial charge is 0.220 e. The lowest BCUT2D eigenvalue weighted by molar-refractivity contribution is -0.121. The van der Waals surface area contributed by atoms with Gasteiger partial charge in [0.25, 0.3) is 0 Å². The van der Waals surface area contributed by atoms with Crippen LogP contribution < -0.4 is 14.8 Å². The first-order valence-electron chi connectivity index (χ1n) is 7.80. The van der Waals surface area contributed by atoms with Crippen LogP contribution >= 0.6 is 0 Å². The van der Waals surface area contributed by atoms with Gasteiger partial charge in [0.15, 0.2) is 0 Å². The number of hydrogen-bond donors (Lipinski definition) is 1. The predicted octanol–water partition coefficient (Wildman–Crippen LogP) is 3.65. The second-order valence-corrected chi connectivity index (χ2v) is 5.49. The molecule has 0 radical (unpaired) electrons. The van der Waals surface area contributed by atoms with Gasteiger partial charge in [-0.3, -0.25) is 4.79 Å². The van der Waals surface area contributed by atoms with Crippen LogP contribution in [0.5, 0.6) is 11.5 Å². The number of methoxy groups -OCH3 is 2. The van der Waals surface area contributed by atoms with Gasteiger partial charge in [-0.25, -0.2) is 4.39 Å². The molecule has 0 heterocycles. The predicted molar refractivity (Wildman–Crippen MR) is 90.8 cm³/mol. The molecule has 4 nitrogen and oxygen atoms in total. The minimum absolute atomic E-state index is 0.143. The molecule has 1 amide bonds. The fourth-order valence-electron chi connectivity index (χ4n) is 2.52. The monoisotopic (exact) mass is 331 g/mol. The summed E-state index contributed by atoms with van der Waals surface area (Å²) >= 11 is 0. The van der Waals surface area contributed by atoms with E-state index in [1.54, 1.807) is 44.6 Å². The number of ether oxygens (including phenoxy) is 2. The standard InChI is InChI=1S/C19H22FNO3/c1-13(16-12-15(23-2)9-10-18(16)24-3)21-19(22)11-8-14-6-4-5-7-17(14)20/h4-7,9-10,12-13H,8,11H2,1-3H3,(H,21,22)/t13-/m1/s1. The van der Waals surface area contributed by atoms with Gasteiger partial charge in [0.2, 0.25) is 5.91 Å². The number of amides is 1. The Morgan fingerprint density at radius 1 is 1.17 bits per heavy atom. The third-order valence-electron chi connectivity index (χ3n) is 3.86. The topological polar surface area (TPSA) is 47.6 Å². The normalized spacial score (nSPS) is 11.7. The minimum atomic E-state index is -0.284. The van der Waals surface area contributed by atoms with E-state index in [2.05, 4.69) is 5.32 Å². The van der Waals surface area contributed by atoms with Gasteiger partial charge in [-0.1, -0.05) is 18.2 Å². The van der Waals surface area contributed by atoms with Crippen molar-refractivity contribution in [3.63, 3.8) is 0 Å². The average molecular weight is 331 g/mol. The lowest BCUT2D eigenvalue weighted by Gasteiger charge is -2.18. The molecule has 2 rings (SSSR count). The molecule has 0 aliphatic heterocycles. The van der Waals surface area contributed by atoms with Gasteiger partial charge in [-0.05, 0) is 43.2 Å². The van der Waals surface area contributed by atoms with Crippen LogP contribution in [-0.2, 0) is 11.2 Å². The second-order valence-electron chi connectivity index (χ2n) is 5.49. The van der Waals surface area contributed by atoms with E-state index < -0.39 is 0 Å². The van der Waals surface area contributed by atoms with Crippen molar-refractivity contribution in [2.75, 3.05) is 14.2 Å². The second kappa shape index (κ2) is 8.34. The molecule has 24 heavy (non-hydrogen) atoms. The van der Waals surface area contributed by atoms with Gasteiger partial charge in [0, 0.05) is 12.0 Å². The zero-order valence-electron chi connectivity index (χ0n) is 14.1. The third-order valence-corrected chi connectivity index (χ3v) is 3.86. The van der Waals surface area contributed by atoms with E-state index in [1.807, 2.05) is 13.0 Å². The molecule has 1 N–H and O–H groups in total. The first-order valence-corrected chi connectivity index (χ1v) is 7.80. The maximum Gasteiger partial charge on any atom is 0.220 e. The van der Waals surface area contributed by atoms with Gasteiger partial charge >= 0.3 is 0 Å². The minimum Gasteiger partial charge on any atom is -0.497 e. The summed E-state index contributed by atoms with van der Waals surface area (Å²) in [6.45, 7) is 1.87. The maximum absolute atomic E-state index is 13.6. The van der Waals surface area contributed by atoms with Crippen molar-refractivity contribution in [2.24, 2.45) is 0 Å². The number of nitrogens with one attached hydrogen (secondary N) is 1. The molecule has 2 aromatic rings. The van der Waals surface area contributed by atoms with E-state index in [-0.39, 0.29) is 24.2 Å². The molecule has 1 atom stereocenters. The van der Waals surface area contributed by atoms with Crippen molar-refractivity contribution < 1.29 is 18.7 Å². The Morgan fingerprint density at radius 2 is 1.92 bits per heavy atom. The Labute approximate surface area is 141 Å². The molecule has 0 saturated carbocycles. The lowest BCUT2D eigenvalue weighted by Crippen LogP contribution is -2.27. The van der Waals surface area contributed by atoms with Crippen LogP contribution in [-0.4, -0.2) is 20.1 Å². The number of carbonyl (C=O) groups excluding carboxylic acids is 1. The average Bonchev–Trinajstić information content (AvgIpc) is 2.60. The number of rotatable bonds is 7. The summed E-state index contributed by atoms with van der Waals surface area (Å²) in [4.78, 5) is 12.2. The van der Waals surface area contributed by atoms with E-state index in [0.29, 0.717) is 23.5 Å². The summed E-state index contributed by atoms with van der Waals surface area (Å²) in [5, 5.41) is 2.91.